The standard InChI is InChI=1S/C7H10N4O3S/c1-3-6(4-8)15(12,13)11-7-10-9-5(2)14-7/h6H,3H2,1-2H3,(H,10,11). The molecule has 1 atom stereocenters. The normalized spacial score (nSPS) is 13.1. The lowest BCUT2D eigenvalue weighted by Crippen LogP contribution is -2.26. The fourth-order valence-electron chi connectivity index (χ4n) is 0.911. The lowest BCUT2D eigenvalue weighted by atomic mass is 10.4. The van der Waals surface area contributed by atoms with Crippen molar-refractivity contribution in [1.29, 1.82) is 5.26 Å². The Kier molecular flexibility index (Phi) is 3.26. The predicted octanol–water partition coefficient (Wildman–Crippen LogP) is 0.422. The van der Waals surface area contributed by atoms with Gasteiger partial charge >= 0.3 is 6.01 Å². The minimum Gasteiger partial charge on any atom is -0.408 e. The maximum atomic E-state index is 11.5. The Morgan fingerprint density at radius 1 is 1.60 bits per heavy atom. The van der Waals surface area contributed by atoms with Gasteiger partial charge in [0.1, 0.15) is 0 Å². The van der Waals surface area contributed by atoms with E-state index in [1.807, 2.05) is 0 Å². The molecule has 1 heterocycles. The second-order valence-corrected chi connectivity index (χ2v) is 4.66. The minimum atomic E-state index is -3.77. The lowest BCUT2D eigenvalue weighted by molar-refractivity contribution is 0.533. The first kappa shape index (κ1) is 11.5. The molecular weight excluding hydrogens is 220 g/mol. The highest BCUT2D eigenvalue weighted by atomic mass is 32.2. The Morgan fingerprint density at radius 2 is 2.27 bits per heavy atom. The van der Waals surface area contributed by atoms with Gasteiger partial charge in [-0.15, -0.1) is 5.10 Å². The summed E-state index contributed by atoms with van der Waals surface area (Å²) in [5.41, 5.74) is 0. The number of anilines is 1. The third kappa shape index (κ3) is 2.66. The summed E-state index contributed by atoms with van der Waals surface area (Å²) in [6, 6.07) is 1.46. The Labute approximate surface area is 87.2 Å². The van der Waals surface area contributed by atoms with Gasteiger partial charge in [-0.25, -0.2) is 13.1 Å². The first-order chi connectivity index (χ1) is 6.99. The van der Waals surface area contributed by atoms with E-state index in [0.29, 0.717) is 0 Å². The number of hydrogen-bond acceptors (Lipinski definition) is 6. The number of nitrogens with zero attached hydrogens (tertiary/aromatic N) is 3. The van der Waals surface area contributed by atoms with Crippen molar-refractivity contribution in [3.63, 3.8) is 0 Å². The van der Waals surface area contributed by atoms with Crippen LogP contribution in [-0.2, 0) is 10.0 Å². The molecule has 0 radical (unpaired) electrons. The van der Waals surface area contributed by atoms with Crippen molar-refractivity contribution >= 4 is 16.0 Å². The van der Waals surface area contributed by atoms with Crippen molar-refractivity contribution in [3.8, 4) is 6.07 Å². The van der Waals surface area contributed by atoms with Gasteiger partial charge in [0.25, 0.3) is 10.0 Å². The molecule has 1 aromatic rings. The van der Waals surface area contributed by atoms with Crippen molar-refractivity contribution in [2.75, 3.05) is 4.72 Å². The zero-order valence-corrected chi connectivity index (χ0v) is 9.08. The molecule has 0 aliphatic rings. The summed E-state index contributed by atoms with van der Waals surface area (Å²) in [5.74, 6) is 0.248. The van der Waals surface area contributed by atoms with Crippen LogP contribution < -0.4 is 4.72 Å². The van der Waals surface area contributed by atoms with E-state index in [4.69, 9.17) is 9.68 Å². The van der Waals surface area contributed by atoms with E-state index in [1.165, 1.54) is 6.92 Å². The third-order valence-corrected chi connectivity index (χ3v) is 3.29. The zero-order valence-electron chi connectivity index (χ0n) is 8.26. The summed E-state index contributed by atoms with van der Waals surface area (Å²) in [5, 5.41) is 14.4. The van der Waals surface area contributed by atoms with Gasteiger partial charge in [0.05, 0.1) is 6.07 Å². The monoisotopic (exact) mass is 230 g/mol. The molecule has 0 bridgehead atoms. The molecule has 7 nitrogen and oxygen atoms in total. The van der Waals surface area contributed by atoms with Crippen LogP contribution in [0.3, 0.4) is 0 Å². The molecule has 0 amide bonds. The van der Waals surface area contributed by atoms with Crippen molar-refractivity contribution in [2.24, 2.45) is 0 Å². The highest BCUT2D eigenvalue weighted by Crippen LogP contribution is 2.11. The van der Waals surface area contributed by atoms with Crippen molar-refractivity contribution in [2.45, 2.75) is 25.5 Å². The largest absolute Gasteiger partial charge is 0.408 e. The number of nitriles is 1. The van der Waals surface area contributed by atoms with E-state index in [9.17, 15) is 8.42 Å². The first-order valence-electron chi connectivity index (χ1n) is 4.21. The summed E-state index contributed by atoms with van der Waals surface area (Å²) >= 11 is 0. The average molecular weight is 230 g/mol. The quantitative estimate of drug-likeness (QED) is 0.802. The highest BCUT2D eigenvalue weighted by Gasteiger charge is 2.25. The van der Waals surface area contributed by atoms with E-state index in [1.54, 1.807) is 13.0 Å². The third-order valence-electron chi connectivity index (χ3n) is 1.64. The highest BCUT2D eigenvalue weighted by molar-refractivity contribution is 7.93. The fraction of sp³-hybridized carbons (Fsp3) is 0.571. The predicted molar refractivity (Wildman–Crippen MR) is 51.3 cm³/mol. The van der Waals surface area contributed by atoms with Gasteiger partial charge in [-0.1, -0.05) is 12.0 Å². The van der Waals surface area contributed by atoms with Gasteiger partial charge in [0.15, 0.2) is 5.25 Å². The molecule has 1 N–H and O–H groups in total. The summed E-state index contributed by atoms with van der Waals surface area (Å²) < 4.78 is 29.9. The summed E-state index contributed by atoms with van der Waals surface area (Å²) in [6.45, 7) is 3.14. The number of aromatic nitrogens is 2. The second-order valence-electron chi connectivity index (χ2n) is 2.80. The van der Waals surface area contributed by atoms with Crippen LogP contribution in [0.4, 0.5) is 6.01 Å². The van der Waals surface area contributed by atoms with E-state index in [-0.39, 0.29) is 18.3 Å². The Bertz CT molecular complexity index is 473. The maximum absolute atomic E-state index is 11.5. The molecule has 0 saturated heterocycles. The molecule has 8 heteroatoms. The molecular formula is C7H10N4O3S. The molecule has 15 heavy (non-hydrogen) atoms. The fourth-order valence-corrected chi connectivity index (χ4v) is 1.96. The van der Waals surface area contributed by atoms with E-state index in [2.05, 4.69) is 14.9 Å². The van der Waals surface area contributed by atoms with Crippen LogP contribution in [0, 0.1) is 18.3 Å². The lowest BCUT2D eigenvalue weighted by Gasteiger charge is -2.06. The van der Waals surface area contributed by atoms with E-state index >= 15 is 0 Å². The van der Waals surface area contributed by atoms with Gasteiger partial charge < -0.3 is 4.42 Å². The van der Waals surface area contributed by atoms with Crippen LogP contribution >= 0.6 is 0 Å². The van der Waals surface area contributed by atoms with E-state index < -0.39 is 15.3 Å². The zero-order chi connectivity index (χ0) is 11.5. The SMILES string of the molecule is CCC(C#N)S(=O)(=O)Nc1nnc(C)o1. The summed E-state index contributed by atoms with van der Waals surface area (Å²) in [6.07, 6.45) is 0.193. The number of hydrogen-bond donors (Lipinski definition) is 1. The van der Waals surface area contributed by atoms with Crippen LogP contribution in [0.1, 0.15) is 19.2 Å². The number of aryl methyl sites for hydroxylation is 1. The van der Waals surface area contributed by atoms with E-state index in [0.717, 1.165) is 0 Å². The molecule has 1 rings (SSSR count). The maximum Gasteiger partial charge on any atom is 0.329 e. The van der Waals surface area contributed by atoms with Crippen LogP contribution in [0.5, 0.6) is 0 Å². The Hall–Kier alpha value is -1.62. The van der Waals surface area contributed by atoms with Crippen molar-refractivity contribution in [1.82, 2.24) is 10.2 Å². The van der Waals surface area contributed by atoms with Crippen LogP contribution in [0.15, 0.2) is 4.42 Å². The Balaban J connectivity index is 2.86. The summed E-state index contributed by atoms with van der Waals surface area (Å²) in [4.78, 5) is 0. The molecule has 0 aromatic carbocycles. The smallest absolute Gasteiger partial charge is 0.329 e. The van der Waals surface area contributed by atoms with Gasteiger partial charge in [0.2, 0.25) is 5.89 Å². The molecule has 0 fully saturated rings. The van der Waals surface area contributed by atoms with Crippen LogP contribution in [0.2, 0.25) is 0 Å². The van der Waals surface area contributed by atoms with Crippen molar-refractivity contribution in [3.05, 3.63) is 5.89 Å². The topological polar surface area (TPSA) is 109 Å². The minimum absolute atomic E-state index is 0.193. The average Bonchev–Trinajstić information content (AvgIpc) is 2.51. The summed E-state index contributed by atoms with van der Waals surface area (Å²) in [7, 11) is -3.77. The number of nitrogens with one attached hydrogen (secondary N) is 1. The molecule has 1 aromatic heterocycles. The van der Waals surface area contributed by atoms with Gasteiger partial charge in [0, 0.05) is 6.92 Å². The van der Waals surface area contributed by atoms with Gasteiger partial charge in [-0.3, -0.25) is 0 Å². The van der Waals surface area contributed by atoms with Gasteiger partial charge in [-0.2, -0.15) is 5.26 Å². The van der Waals surface area contributed by atoms with Crippen LogP contribution in [-0.4, -0.2) is 23.9 Å². The number of rotatable bonds is 4. The molecule has 0 aliphatic carbocycles. The molecule has 82 valence electrons. The van der Waals surface area contributed by atoms with Crippen LogP contribution in [0.25, 0.3) is 0 Å². The molecule has 1 unspecified atom stereocenters. The van der Waals surface area contributed by atoms with Gasteiger partial charge in [-0.05, 0) is 6.42 Å². The molecule has 0 aliphatic heterocycles. The molecule has 0 saturated carbocycles. The number of sulfonamides is 1. The molecule has 0 spiro atoms. The second kappa shape index (κ2) is 4.27. The first-order valence-corrected chi connectivity index (χ1v) is 5.75. The Morgan fingerprint density at radius 3 is 2.67 bits per heavy atom. The van der Waals surface area contributed by atoms with Crippen molar-refractivity contribution < 1.29 is 12.8 Å².